The Morgan fingerprint density at radius 3 is 2.79 bits per heavy atom. The molecule has 0 saturated heterocycles. The highest BCUT2D eigenvalue weighted by molar-refractivity contribution is 9.10. The summed E-state index contributed by atoms with van der Waals surface area (Å²) in [5.41, 5.74) is 0.925. The smallest absolute Gasteiger partial charge is 0.248 e. The second kappa shape index (κ2) is 7.33. The molecule has 3 rings (SSSR count). The lowest BCUT2D eigenvalue weighted by Gasteiger charge is -2.03. The van der Waals surface area contributed by atoms with Gasteiger partial charge in [0.1, 0.15) is 12.9 Å². The van der Waals surface area contributed by atoms with Crippen LogP contribution in [0.4, 0.5) is 5.95 Å². The van der Waals surface area contributed by atoms with Crippen molar-refractivity contribution in [3.63, 3.8) is 0 Å². The Morgan fingerprint density at radius 1 is 1.25 bits per heavy atom. The van der Waals surface area contributed by atoms with Crippen LogP contribution in [0.1, 0.15) is 5.56 Å². The fraction of sp³-hybridized carbons (Fsp3) is 0.143. The summed E-state index contributed by atoms with van der Waals surface area (Å²) in [5, 5.41) is 11.8. The fourth-order valence-electron chi connectivity index (χ4n) is 1.99. The van der Waals surface area contributed by atoms with E-state index >= 15 is 0 Å². The van der Waals surface area contributed by atoms with Crippen molar-refractivity contribution in [3.8, 4) is 0 Å². The third kappa shape index (κ3) is 4.34. The number of halogens is 3. The zero-order chi connectivity index (χ0) is 17.1. The summed E-state index contributed by atoms with van der Waals surface area (Å²) in [6.07, 6.45) is 4.84. The number of nitrogens with one attached hydrogen (secondary N) is 1. The first-order chi connectivity index (χ1) is 11.5. The number of carbonyl (C=O) groups is 1. The van der Waals surface area contributed by atoms with Crippen LogP contribution >= 0.6 is 39.1 Å². The summed E-state index contributed by atoms with van der Waals surface area (Å²) in [4.78, 5) is 16.0. The quantitative estimate of drug-likeness (QED) is 0.675. The lowest BCUT2D eigenvalue weighted by atomic mass is 10.2. The lowest BCUT2D eigenvalue weighted by molar-refractivity contribution is -0.116. The van der Waals surface area contributed by atoms with Gasteiger partial charge in [0.25, 0.3) is 0 Å². The van der Waals surface area contributed by atoms with Gasteiger partial charge in [0.2, 0.25) is 11.9 Å². The van der Waals surface area contributed by atoms with Crippen LogP contribution < -0.4 is 5.32 Å². The van der Waals surface area contributed by atoms with Crippen molar-refractivity contribution in [2.45, 2.75) is 13.1 Å². The van der Waals surface area contributed by atoms with E-state index in [1.807, 2.05) is 6.07 Å². The van der Waals surface area contributed by atoms with E-state index in [4.69, 9.17) is 23.2 Å². The average molecular weight is 430 g/mol. The van der Waals surface area contributed by atoms with Gasteiger partial charge in [-0.1, -0.05) is 29.3 Å². The number of hydrogen-bond donors (Lipinski definition) is 1. The Hall–Kier alpha value is -1.90. The maximum Gasteiger partial charge on any atom is 0.248 e. The molecule has 10 heteroatoms. The van der Waals surface area contributed by atoms with E-state index in [2.05, 4.69) is 36.4 Å². The zero-order valence-electron chi connectivity index (χ0n) is 12.2. The molecule has 2 aromatic heterocycles. The fourth-order valence-corrected chi connectivity index (χ4v) is 2.64. The van der Waals surface area contributed by atoms with Gasteiger partial charge in [-0.05, 0) is 33.6 Å². The lowest BCUT2D eigenvalue weighted by Crippen LogP contribution is -2.19. The third-order valence-corrected chi connectivity index (χ3v) is 4.17. The molecule has 0 radical (unpaired) electrons. The molecule has 0 fully saturated rings. The van der Waals surface area contributed by atoms with Crippen molar-refractivity contribution in [2.24, 2.45) is 0 Å². The SMILES string of the molecule is O=C(Cn1cc(Br)cn1)Nc1ncn(Cc2ccc(Cl)c(Cl)c2)n1. The maximum atomic E-state index is 11.9. The van der Waals surface area contributed by atoms with Crippen molar-refractivity contribution >= 4 is 51.0 Å². The molecule has 0 bridgehead atoms. The minimum atomic E-state index is -0.266. The minimum absolute atomic E-state index is 0.0763. The highest BCUT2D eigenvalue weighted by Crippen LogP contribution is 2.22. The van der Waals surface area contributed by atoms with Gasteiger partial charge in [-0.3, -0.25) is 14.8 Å². The molecule has 24 heavy (non-hydrogen) atoms. The molecule has 124 valence electrons. The van der Waals surface area contributed by atoms with Crippen LogP contribution in [-0.4, -0.2) is 30.5 Å². The molecule has 1 amide bonds. The normalized spacial score (nSPS) is 10.8. The predicted octanol–water partition coefficient (Wildman–Crippen LogP) is 3.23. The number of carbonyl (C=O) groups excluding carboxylic acids is 1. The van der Waals surface area contributed by atoms with Crippen LogP contribution in [0.3, 0.4) is 0 Å². The number of anilines is 1. The first-order valence-corrected chi connectivity index (χ1v) is 8.35. The molecule has 1 aromatic carbocycles. The van der Waals surface area contributed by atoms with Gasteiger partial charge in [-0.2, -0.15) is 5.10 Å². The first-order valence-electron chi connectivity index (χ1n) is 6.81. The van der Waals surface area contributed by atoms with Crippen molar-refractivity contribution < 1.29 is 4.79 Å². The number of nitrogens with zero attached hydrogens (tertiary/aromatic N) is 5. The monoisotopic (exact) mass is 428 g/mol. The van der Waals surface area contributed by atoms with E-state index in [1.54, 1.807) is 29.2 Å². The van der Waals surface area contributed by atoms with Crippen LogP contribution in [0.5, 0.6) is 0 Å². The van der Waals surface area contributed by atoms with Crippen LogP contribution in [0.15, 0.2) is 41.4 Å². The Morgan fingerprint density at radius 2 is 2.08 bits per heavy atom. The number of aromatic nitrogens is 5. The molecular weight excluding hydrogens is 419 g/mol. The van der Waals surface area contributed by atoms with Gasteiger partial charge in [0, 0.05) is 6.20 Å². The van der Waals surface area contributed by atoms with Gasteiger partial charge < -0.3 is 0 Å². The molecule has 7 nitrogen and oxygen atoms in total. The molecule has 0 aliphatic carbocycles. The molecule has 0 saturated carbocycles. The second-order valence-corrected chi connectivity index (χ2v) is 6.65. The maximum absolute atomic E-state index is 11.9. The van der Waals surface area contributed by atoms with E-state index in [0.29, 0.717) is 16.6 Å². The van der Waals surface area contributed by atoms with Crippen molar-refractivity contribution in [1.82, 2.24) is 24.5 Å². The molecular formula is C14H11BrCl2N6O. The van der Waals surface area contributed by atoms with Crippen molar-refractivity contribution in [3.05, 3.63) is 57.0 Å². The second-order valence-electron chi connectivity index (χ2n) is 4.92. The van der Waals surface area contributed by atoms with Gasteiger partial charge >= 0.3 is 0 Å². The Labute approximate surface area is 155 Å². The van der Waals surface area contributed by atoms with E-state index in [9.17, 15) is 4.79 Å². The van der Waals surface area contributed by atoms with Gasteiger partial charge in [-0.15, -0.1) is 5.10 Å². The van der Waals surface area contributed by atoms with Gasteiger partial charge in [0.05, 0.1) is 27.3 Å². The first kappa shape index (κ1) is 16.9. The topological polar surface area (TPSA) is 77.6 Å². The largest absolute Gasteiger partial charge is 0.292 e. The zero-order valence-corrected chi connectivity index (χ0v) is 15.3. The summed E-state index contributed by atoms with van der Waals surface area (Å²) < 4.78 is 3.91. The van der Waals surface area contributed by atoms with Crippen LogP contribution in [-0.2, 0) is 17.9 Å². The highest BCUT2D eigenvalue weighted by Gasteiger charge is 2.09. The summed E-state index contributed by atoms with van der Waals surface area (Å²) in [6.45, 7) is 0.540. The Bertz CT molecular complexity index is 878. The summed E-state index contributed by atoms with van der Waals surface area (Å²) in [5.74, 6) is -0.0378. The molecule has 2 heterocycles. The number of rotatable bonds is 5. The van der Waals surface area contributed by atoms with E-state index in [-0.39, 0.29) is 18.4 Å². The molecule has 0 spiro atoms. The number of hydrogen-bond acceptors (Lipinski definition) is 4. The molecule has 1 N–H and O–H groups in total. The van der Waals surface area contributed by atoms with Crippen LogP contribution in [0.25, 0.3) is 0 Å². The van der Waals surface area contributed by atoms with E-state index in [1.165, 1.54) is 11.0 Å². The Balaban J connectivity index is 1.60. The average Bonchev–Trinajstić information content (AvgIpc) is 3.12. The summed E-state index contributed by atoms with van der Waals surface area (Å²) >= 11 is 15.1. The molecule has 3 aromatic rings. The molecule has 0 aliphatic heterocycles. The summed E-state index contributed by atoms with van der Waals surface area (Å²) in [6, 6.07) is 5.34. The van der Waals surface area contributed by atoms with Crippen molar-refractivity contribution in [2.75, 3.05) is 5.32 Å². The molecule has 0 atom stereocenters. The Kier molecular flexibility index (Phi) is 5.17. The number of amides is 1. The molecule has 0 unspecified atom stereocenters. The van der Waals surface area contributed by atoms with Crippen LogP contribution in [0, 0.1) is 0 Å². The van der Waals surface area contributed by atoms with E-state index in [0.717, 1.165) is 10.0 Å². The predicted molar refractivity (Wildman–Crippen MR) is 94.1 cm³/mol. The van der Waals surface area contributed by atoms with Crippen molar-refractivity contribution in [1.29, 1.82) is 0 Å². The minimum Gasteiger partial charge on any atom is -0.292 e. The van der Waals surface area contributed by atoms with Gasteiger partial charge in [-0.25, -0.2) is 9.67 Å². The van der Waals surface area contributed by atoms with Crippen LogP contribution in [0.2, 0.25) is 10.0 Å². The third-order valence-electron chi connectivity index (χ3n) is 3.02. The van der Waals surface area contributed by atoms with E-state index < -0.39 is 0 Å². The standard InChI is InChI=1S/C14H11BrCl2N6O/c15-10-4-19-22(6-10)7-13(24)20-14-18-8-23(21-14)5-9-1-2-11(16)12(17)3-9/h1-4,6,8H,5,7H2,(H,20,21,24). The number of benzene rings is 1. The van der Waals surface area contributed by atoms with Gasteiger partial charge in [0.15, 0.2) is 0 Å². The summed E-state index contributed by atoms with van der Waals surface area (Å²) in [7, 11) is 0. The highest BCUT2D eigenvalue weighted by atomic mass is 79.9. The molecule has 0 aliphatic rings.